The van der Waals surface area contributed by atoms with E-state index in [-0.39, 0.29) is 0 Å². The van der Waals surface area contributed by atoms with Crippen LogP contribution in [0, 0.1) is 0 Å². The van der Waals surface area contributed by atoms with Gasteiger partial charge in [0.25, 0.3) is 0 Å². The van der Waals surface area contributed by atoms with Crippen LogP contribution in [-0.4, -0.2) is 28.0 Å². The second-order valence-electron chi connectivity index (χ2n) is 3.40. The van der Waals surface area contributed by atoms with E-state index in [1.54, 1.807) is 17.5 Å². The molecule has 0 aliphatic rings. The maximum Gasteiger partial charge on any atom is 0.224 e. The lowest BCUT2D eigenvalue weighted by Gasteiger charge is -2.06. The Morgan fingerprint density at radius 1 is 1.24 bits per heavy atom. The zero-order valence-corrected chi connectivity index (χ0v) is 10.5. The fourth-order valence-electron chi connectivity index (χ4n) is 1.37. The molecule has 0 aromatic carbocycles. The van der Waals surface area contributed by atoms with Crippen molar-refractivity contribution in [3.05, 3.63) is 28.8 Å². The van der Waals surface area contributed by atoms with Crippen LogP contribution in [0.25, 0.3) is 0 Å². The lowest BCUT2D eigenvalue weighted by Crippen LogP contribution is -2.08. The second-order valence-corrected chi connectivity index (χ2v) is 4.38. The Labute approximate surface area is 104 Å². The number of hydrogen-bond acceptors (Lipinski definition) is 6. The molecule has 0 unspecified atom stereocenters. The average molecular weight is 249 g/mol. The summed E-state index contributed by atoms with van der Waals surface area (Å²) in [6.45, 7) is 3.67. The number of nitrogens with zero attached hydrogens (tertiary/aromatic N) is 3. The van der Waals surface area contributed by atoms with Gasteiger partial charge in [-0.3, -0.25) is 0 Å². The number of anilines is 2. The summed E-state index contributed by atoms with van der Waals surface area (Å²) in [7, 11) is 0. The Bertz CT molecular complexity index is 443. The quantitative estimate of drug-likeness (QED) is 0.820. The molecule has 0 atom stereocenters. The first kappa shape index (κ1) is 11.8. The molecule has 0 bridgehead atoms. The van der Waals surface area contributed by atoms with Crippen molar-refractivity contribution in [3.63, 3.8) is 0 Å². The van der Waals surface area contributed by atoms with Gasteiger partial charge in [0.05, 0.1) is 5.01 Å². The Morgan fingerprint density at radius 3 is 2.94 bits per heavy atom. The molecule has 0 amide bonds. The molecule has 2 aromatic rings. The van der Waals surface area contributed by atoms with Gasteiger partial charge in [-0.15, -0.1) is 11.3 Å². The van der Waals surface area contributed by atoms with Gasteiger partial charge in [0, 0.05) is 37.3 Å². The van der Waals surface area contributed by atoms with Crippen LogP contribution >= 0.6 is 11.3 Å². The third-order valence-electron chi connectivity index (χ3n) is 2.12. The molecule has 17 heavy (non-hydrogen) atoms. The molecule has 0 saturated heterocycles. The second kappa shape index (κ2) is 6.15. The standard InChI is InChI=1S/C11H15N5S/c1-2-12-11-15-5-3-9(16-11)13-6-4-10-14-7-8-17-10/h3,5,7-8H,2,4,6H2,1H3,(H2,12,13,15,16). The third kappa shape index (κ3) is 3.67. The van der Waals surface area contributed by atoms with E-state index in [2.05, 4.69) is 25.6 Å². The van der Waals surface area contributed by atoms with Crippen LogP contribution in [0.5, 0.6) is 0 Å². The van der Waals surface area contributed by atoms with Gasteiger partial charge < -0.3 is 10.6 Å². The van der Waals surface area contributed by atoms with E-state index < -0.39 is 0 Å². The topological polar surface area (TPSA) is 62.7 Å². The molecule has 6 heteroatoms. The molecule has 90 valence electrons. The lowest BCUT2D eigenvalue weighted by atomic mass is 10.4. The highest BCUT2D eigenvalue weighted by Crippen LogP contribution is 2.07. The van der Waals surface area contributed by atoms with Crippen LogP contribution in [-0.2, 0) is 6.42 Å². The Morgan fingerprint density at radius 2 is 2.18 bits per heavy atom. The molecule has 2 heterocycles. The minimum Gasteiger partial charge on any atom is -0.369 e. The average Bonchev–Trinajstić information content (AvgIpc) is 2.83. The Kier molecular flexibility index (Phi) is 4.26. The van der Waals surface area contributed by atoms with Crippen LogP contribution in [0.2, 0.25) is 0 Å². The summed E-state index contributed by atoms with van der Waals surface area (Å²) in [5.41, 5.74) is 0. The summed E-state index contributed by atoms with van der Waals surface area (Å²) in [6, 6.07) is 1.86. The SMILES string of the molecule is CCNc1nccc(NCCc2nccs2)n1. The minimum absolute atomic E-state index is 0.659. The minimum atomic E-state index is 0.659. The van der Waals surface area contributed by atoms with E-state index in [0.717, 1.165) is 30.3 Å². The molecular weight excluding hydrogens is 234 g/mol. The third-order valence-corrected chi connectivity index (χ3v) is 2.96. The molecule has 0 fully saturated rings. The van der Waals surface area contributed by atoms with Crippen molar-refractivity contribution in [1.29, 1.82) is 0 Å². The van der Waals surface area contributed by atoms with Gasteiger partial charge in [0.1, 0.15) is 5.82 Å². The van der Waals surface area contributed by atoms with Gasteiger partial charge in [-0.1, -0.05) is 0 Å². The van der Waals surface area contributed by atoms with Gasteiger partial charge in [0.15, 0.2) is 0 Å². The smallest absolute Gasteiger partial charge is 0.224 e. The van der Waals surface area contributed by atoms with Crippen molar-refractivity contribution in [2.24, 2.45) is 0 Å². The predicted octanol–water partition coefficient (Wildman–Crippen LogP) is 2.02. The van der Waals surface area contributed by atoms with Gasteiger partial charge in [-0.2, -0.15) is 4.98 Å². The summed E-state index contributed by atoms with van der Waals surface area (Å²) < 4.78 is 0. The predicted molar refractivity (Wildman–Crippen MR) is 70.5 cm³/mol. The molecule has 0 saturated carbocycles. The molecule has 0 aliphatic heterocycles. The van der Waals surface area contributed by atoms with Crippen LogP contribution in [0.4, 0.5) is 11.8 Å². The van der Waals surface area contributed by atoms with Crippen molar-refractivity contribution in [2.75, 3.05) is 23.7 Å². The highest BCUT2D eigenvalue weighted by atomic mass is 32.1. The summed E-state index contributed by atoms with van der Waals surface area (Å²) >= 11 is 1.67. The lowest BCUT2D eigenvalue weighted by molar-refractivity contribution is 0.980. The van der Waals surface area contributed by atoms with E-state index in [9.17, 15) is 0 Å². The maximum atomic E-state index is 4.33. The van der Waals surface area contributed by atoms with Crippen molar-refractivity contribution in [1.82, 2.24) is 15.0 Å². The number of rotatable bonds is 6. The number of nitrogens with one attached hydrogen (secondary N) is 2. The summed E-state index contributed by atoms with van der Waals surface area (Å²) in [6.07, 6.45) is 4.49. The molecule has 0 aliphatic carbocycles. The summed E-state index contributed by atoms with van der Waals surface area (Å²) in [4.78, 5) is 12.7. The zero-order chi connectivity index (χ0) is 11.9. The first-order valence-corrected chi connectivity index (χ1v) is 6.45. The van der Waals surface area contributed by atoms with Gasteiger partial charge in [-0.25, -0.2) is 9.97 Å². The van der Waals surface area contributed by atoms with E-state index >= 15 is 0 Å². The molecule has 5 nitrogen and oxygen atoms in total. The van der Waals surface area contributed by atoms with Gasteiger partial charge in [-0.05, 0) is 13.0 Å². The Balaban J connectivity index is 1.84. The van der Waals surface area contributed by atoms with Crippen LogP contribution in [0.1, 0.15) is 11.9 Å². The Hall–Kier alpha value is -1.69. The normalized spacial score (nSPS) is 10.2. The molecular formula is C11H15N5S. The first-order chi connectivity index (χ1) is 8.38. The maximum absolute atomic E-state index is 4.33. The fraction of sp³-hybridized carbons (Fsp3) is 0.364. The van der Waals surface area contributed by atoms with Crippen LogP contribution < -0.4 is 10.6 Å². The highest BCUT2D eigenvalue weighted by molar-refractivity contribution is 7.09. The van der Waals surface area contributed by atoms with E-state index in [4.69, 9.17) is 0 Å². The van der Waals surface area contributed by atoms with Crippen molar-refractivity contribution < 1.29 is 0 Å². The zero-order valence-electron chi connectivity index (χ0n) is 9.68. The van der Waals surface area contributed by atoms with Crippen molar-refractivity contribution in [2.45, 2.75) is 13.3 Å². The van der Waals surface area contributed by atoms with Crippen molar-refractivity contribution >= 4 is 23.1 Å². The summed E-state index contributed by atoms with van der Waals surface area (Å²) in [5, 5.41) is 9.46. The monoisotopic (exact) mass is 249 g/mol. The first-order valence-electron chi connectivity index (χ1n) is 5.57. The number of hydrogen-bond donors (Lipinski definition) is 2. The number of thiazole rings is 1. The molecule has 0 radical (unpaired) electrons. The van der Waals surface area contributed by atoms with E-state index in [1.807, 2.05) is 24.6 Å². The van der Waals surface area contributed by atoms with Gasteiger partial charge >= 0.3 is 0 Å². The molecule has 2 rings (SSSR count). The highest BCUT2D eigenvalue weighted by Gasteiger charge is 1.98. The summed E-state index contributed by atoms with van der Waals surface area (Å²) in [5.74, 6) is 1.50. The van der Waals surface area contributed by atoms with Crippen LogP contribution in [0.3, 0.4) is 0 Å². The van der Waals surface area contributed by atoms with E-state index in [1.165, 1.54) is 0 Å². The van der Waals surface area contributed by atoms with Gasteiger partial charge in [0.2, 0.25) is 5.95 Å². The molecule has 2 N–H and O–H groups in total. The van der Waals surface area contributed by atoms with Crippen molar-refractivity contribution in [3.8, 4) is 0 Å². The largest absolute Gasteiger partial charge is 0.369 e. The number of aromatic nitrogens is 3. The molecule has 0 spiro atoms. The van der Waals surface area contributed by atoms with E-state index in [0.29, 0.717) is 5.95 Å². The van der Waals surface area contributed by atoms with Crippen LogP contribution in [0.15, 0.2) is 23.8 Å². The fourth-order valence-corrected chi connectivity index (χ4v) is 1.99. The molecule has 2 aromatic heterocycles.